The first-order chi connectivity index (χ1) is 10.3. The molecule has 122 valence electrons. The highest BCUT2D eigenvalue weighted by Crippen LogP contribution is 2.38. The van der Waals surface area contributed by atoms with Crippen LogP contribution in [0.25, 0.3) is 0 Å². The van der Waals surface area contributed by atoms with Crippen LogP contribution >= 0.6 is 0 Å². The number of hydrogen-bond acceptors (Lipinski definition) is 3. The van der Waals surface area contributed by atoms with E-state index in [0.29, 0.717) is 19.1 Å². The van der Waals surface area contributed by atoms with Crippen LogP contribution in [0.4, 0.5) is 27.6 Å². The fraction of sp³-hybridized carbons (Fsp3) is 0.462. The molecule has 0 radical (unpaired) electrons. The van der Waals surface area contributed by atoms with Crippen molar-refractivity contribution in [3.05, 3.63) is 23.8 Å². The molecule has 1 aliphatic heterocycles. The highest BCUT2D eigenvalue weighted by atomic mass is 19.4. The molecule has 1 unspecified atom stereocenters. The third kappa shape index (κ3) is 4.06. The lowest BCUT2D eigenvalue weighted by molar-refractivity contribution is -0.141. The van der Waals surface area contributed by atoms with Gasteiger partial charge in [-0.05, 0) is 24.6 Å². The van der Waals surface area contributed by atoms with Crippen molar-refractivity contribution in [1.82, 2.24) is 0 Å². The van der Waals surface area contributed by atoms with E-state index in [9.17, 15) is 26.7 Å². The van der Waals surface area contributed by atoms with E-state index in [0.717, 1.165) is 12.1 Å². The Balaban J connectivity index is 2.20. The largest absolute Gasteiger partial charge is 0.434 e. The van der Waals surface area contributed by atoms with Crippen molar-refractivity contribution in [2.45, 2.75) is 19.2 Å². The van der Waals surface area contributed by atoms with Crippen molar-refractivity contribution >= 4 is 11.6 Å². The number of hydrogen-bond donors (Lipinski definition) is 1. The maximum atomic E-state index is 12.9. The first-order valence-corrected chi connectivity index (χ1v) is 6.32. The van der Waals surface area contributed by atoms with Gasteiger partial charge in [0.2, 0.25) is 5.91 Å². The zero-order chi connectivity index (χ0) is 16.3. The van der Waals surface area contributed by atoms with Crippen LogP contribution in [0.2, 0.25) is 0 Å². The van der Waals surface area contributed by atoms with Crippen LogP contribution in [0.5, 0.6) is 5.75 Å². The summed E-state index contributed by atoms with van der Waals surface area (Å²) in [7, 11) is 0. The van der Waals surface area contributed by atoms with E-state index in [1.165, 1.54) is 0 Å². The lowest BCUT2D eigenvalue weighted by atomic mass is 10.1. The van der Waals surface area contributed by atoms with Gasteiger partial charge in [-0.3, -0.25) is 4.79 Å². The molecule has 0 saturated carbocycles. The standard InChI is InChI=1S/C13H12F5NO3/c14-12(15)22-10-2-1-8(5-9(10)13(16,17)18)19-11(20)7-3-4-21-6-7/h1-2,5,7,12H,3-4,6H2,(H,19,20). The predicted octanol–water partition coefficient (Wildman–Crippen LogP) is 3.28. The Morgan fingerprint density at radius 2 is 2.09 bits per heavy atom. The zero-order valence-corrected chi connectivity index (χ0v) is 11.1. The van der Waals surface area contributed by atoms with Gasteiger partial charge >= 0.3 is 12.8 Å². The molecular formula is C13H12F5NO3. The van der Waals surface area contributed by atoms with Crippen molar-refractivity contribution in [3.8, 4) is 5.75 Å². The highest BCUT2D eigenvalue weighted by molar-refractivity contribution is 5.93. The first kappa shape index (κ1) is 16.5. The SMILES string of the molecule is O=C(Nc1ccc(OC(F)F)c(C(F)(F)F)c1)C1CCOC1. The summed E-state index contributed by atoms with van der Waals surface area (Å²) in [6.07, 6.45) is -4.41. The van der Waals surface area contributed by atoms with E-state index < -0.39 is 35.9 Å². The van der Waals surface area contributed by atoms with Gasteiger partial charge in [-0.15, -0.1) is 0 Å². The van der Waals surface area contributed by atoms with Crippen LogP contribution in [0, 0.1) is 5.92 Å². The molecule has 1 heterocycles. The maximum Gasteiger partial charge on any atom is 0.420 e. The summed E-state index contributed by atoms with van der Waals surface area (Å²) in [5.74, 6) is -1.91. The minimum absolute atomic E-state index is 0.147. The van der Waals surface area contributed by atoms with Crippen molar-refractivity contribution < 1.29 is 36.2 Å². The van der Waals surface area contributed by atoms with E-state index in [1.54, 1.807) is 0 Å². The number of nitrogens with one attached hydrogen (secondary N) is 1. The second kappa shape index (κ2) is 6.47. The van der Waals surface area contributed by atoms with E-state index in [1.807, 2.05) is 0 Å². The minimum atomic E-state index is -4.89. The number of carbonyl (C=O) groups is 1. The molecule has 1 N–H and O–H groups in total. The molecule has 1 aliphatic rings. The quantitative estimate of drug-likeness (QED) is 0.864. The Morgan fingerprint density at radius 3 is 2.64 bits per heavy atom. The number of halogens is 5. The summed E-state index contributed by atoms with van der Waals surface area (Å²) >= 11 is 0. The molecular weight excluding hydrogens is 313 g/mol. The number of ether oxygens (including phenoxy) is 2. The van der Waals surface area contributed by atoms with Crippen LogP contribution in [0.15, 0.2) is 18.2 Å². The van der Waals surface area contributed by atoms with Gasteiger partial charge in [0, 0.05) is 12.3 Å². The van der Waals surface area contributed by atoms with Crippen molar-refractivity contribution in [2.24, 2.45) is 5.92 Å². The molecule has 1 atom stereocenters. The molecule has 9 heteroatoms. The Kier molecular flexibility index (Phi) is 4.84. The third-order valence-corrected chi connectivity index (χ3v) is 3.07. The van der Waals surface area contributed by atoms with Crippen LogP contribution in [0.1, 0.15) is 12.0 Å². The summed E-state index contributed by atoms with van der Waals surface area (Å²) in [5.41, 5.74) is -1.53. The molecule has 4 nitrogen and oxygen atoms in total. The Morgan fingerprint density at radius 1 is 1.36 bits per heavy atom. The van der Waals surface area contributed by atoms with E-state index in [4.69, 9.17) is 4.74 Å². The molecule has 1 aromatic rings. The van der Waals surface area contributed by atoms with Gasteiger partial charge in [-0.1, -0.05) is 0 Å². The Labute approximate surface area is 122 Å². The van der Waals surface area contributed by atoms with E-state index >= 15 is 0 Å². The molecule has 1 saturated heterocycles. The molecule has 0 bridgehead atoms. The second-order valence-corrected chi connectivity index (χ2v) is 4.64. The highest BCUT2D eigenvalue weighted by Gasteiger charge is 2.35. The molecule has 1 fully saturated rings. The number of anilines is 1. The normalized spacial score (nSPS) is 18.5. The lowest BCUT2D eigenvalue weighted by Crippen LogP contribution is -2.23. The average molecular weight is 325 g/mol. The molecule has 1 aromatic carbocycles. The molecule has 1 amide bonds. The van der Waals surface area contributed by atoms with Gasteiger partial charge in [0.25, 0.3) is 0 Å². The van der Waals surface area contributed by atoms with Crippen LogP contribution in [-0.2, 0) is 15.7 Å². The van der Waals surface area contributed by atoms with Gasteiger partial charge in [0.15, 0.2) is 0 Å². The van der Waals surface area contributed by atoms with E-state index in [-0.39, 0.29) is 12.3 Å². The summed E-state index contributed by atoms with van der Waals surface area (Å²) < 4.78 is 71.7. The molecule has 2 rings (SSSR count). The van der Waals surface area contributed by atoms with Crippen LogP contribution in [-0.4, -0.2) is 25.7 Å². The number of rotatable bonds is 4. The fourth-order valence-electron chi connectivity index (χ4n) is 2.01. The van der Waals surface area contributed by atoms with Crippen LogP contribution < -0.4 is 10.1 Å². The summed E-state index contributed by atoms with van der Waals surface area (Å²) in [4.78, 5) is 11.8. The Hall–Kier alpha value is -1.90. The topological polar surface area (TPSA) is 47.6 Å². The van der Waals surface area contributed by atoms with Gasteiger partial charge in [-0.2, -0.15) is 22.0 Å². The van der Waals surface area contributed by atoms with E-state index in [2.05, 4.69) is 10.1 Å². The summed E-state index contributed by atoms with van der Waals surface area (Å²) in [6, 6.07) is 2.38. The van der Waals surface area contributed by atoms with Gasteiger partial charge in [0.1, 0.15) is 5.75 Å². The fourth-order valence-corrected chi connectivity index (χ4v) is 2.01. The van der Waals surface area contributed by atoms with Gasteiger partial charge in [0.05, 0.1) is 18.1 Å². The first-order valence-electron chi connectivity index (χ1n) is 6.32. The summed E-state index contributed by atoms with van der Waals surface area (Å²) in [6.45, 7) is -2.77. The smallest absolute Gasteiger partial charge is 0.420 e. The average Bonchev–Trinajstić information content (AvgIpc) is 2.92. The molecule has 0 aliphatic carbocycles. The lowest BCUT2D eigenvalue weighted by Gasteiger charge is -2.16. The Bertz CT molecular complexity index is 541. The number of alkyl halides is 5. The molecule has 0 aromatic heterocycles. The minimum Gasteiger partial charge on any atom is -0.434 e. The molecule has 0 spiro atoms. The third-order valence-electron chi connectivity index (χ3n) is 3.07. The van der Waals surface area contributed by atoms with Crippen molar-refractivity contribution in [2.75, 3.05) is 18.5 Å². The van der Waals surface area contributed by atoms with Crippen molar-refractivity contribution in [1.29, 1.82) is 0 Å². The van der Waals surface area contributed by atoms with Crippen LogP contribution in [0.3, 0.4) is 0 Å². The van der Waals surface area contributed by atoms with Gasteiger partial charge < -0.3 is 14.8 Å². The second-order valence-electron chi connectivity index (χ2n) is 4.64. The number of amides is 1. The monoisotopic (exact) mass is 325 g/mol. The predicted molar refractivity (Wildman–Crippen MR) is 65.6 cm³/mol. The number of carbonyl (C=O) groups excluding carboxylic acids is 1. The maximum absolute atomic E-state index is 12.9. The number of benzene rings is 1. The summed E-state index contributed by atoms with van der Waals surface area (Å²) in [5, 5.41) is 2.31. The zero-order valence-electron chi connectivity index (χ0n) is 11.1. The van der Waals surface area contributed by atoms with Gasteiger partial charge in [-0.25, -0.2) is 0 Å². The van der Waals surface area contributed by atoms with Crippen molar-refractivity contribution in [3.63, 3.8) is 0 Å². The molecule has 22 heavy (non-hydrogen) atoms.